The molecule has 0 atom stereocenters. The highest BCUT2D eigenvalue weighted by Crippen LogP contribution is 2.39. The number of hydrogen-bond donors (Lipinski definition) is 1. The second kappa shape index (κ2) is 7.68. The maximum atomic E-state index is 12.1. The summed E-state index contributed by atoms with van der Waals surface area (Å²) in [6, 6.07) is 6.27. The molecule has 0 aromatic heterocycles. The van der Waals surface area contributed by atoms with Gasteiger partial charge in [0.2, 0.25) is 6.79 Å². The van der Waals surface area contributed by atoms with Crippen LogP contribution in [-0.4, -0.2) is 30.2 Å². The number of ether oxygens (including phenoxy) is 3. The van der Waals surface area contributed by atoms with Crippen LogP contribution in [-0.2, 0) is 9.53 Å². The van der Waals surface area contributed by atoms with Gasteiger partial charge in [-0.15, -0.1) is 0 Å². The number of nitro groups is 1. The Morgan fingerprint density at radius 1 is 1.19 bits per heavy atom. The molecule has 0 spiro atoms. The average Bonchev–Trinajstić information content (AvgIpc) is 3.10. The number of benzene rings is 2. The van der Waals surface area contributed by atoms with Crippen molar-refractivity contribution in [2.45, 2.75) is 0 Å². The van der Waals surface area contributed by atoms with Crippen LogP contribution < -0.4 is 14.8 Å². The van der Waals surface area contributed by atoms with E-state index in [1.54, 1.807) is 0 Å². The SMILES string of the molecule is O=C(COC(=O)c1cc(Cl)c2c(c1)OCO2)Nc1cc([N+](=O)[O-])ccc1Cl. The quantitative estimate of drug-likeness (QED) is 0.453. The molecule has 1 aliphatic rings. The molecule has 2 aromatic rings. The van der Waals surface area contributed by atoms with Crippen LogP contribution in [0.15, 0.2) is 30.3 Å². The molecule has 0 bridgehead atoms. The Kier molecular flexibility index (Phi) is 5.33. The van der Waals surface area contributed by atoms with Gasteiger partial charge in [-0.1, -0.05) is 23.2 Å². The first-order valence-electron chi connectivity index (χ1n) is 7.35. The van der Waals surface area contributed by atoms with Gasteiger partial charge in [0.05, 0.1) is 26.2 Å². The van der Waals surface area contributed by atoms with Crippen LogP contribution in [0.25, 0.3) is 0 Å². The average molecular weight is 413 g/mol. The van der Waals surface area contributed by atoms with Crippen LogP contribution in [0.2, 0.25) is 10.0 Å². The number of rotatable bonds is 5. The molecule has 140 valence electrons. The molecule has 0 aliphatic carbocycles. The van der Waals surface area contributed by atoms with Gasteiger partial charge in [0, 0.05) is 12.1 Å². The van der Waals surface area contributed by atoms with Crippen molar-refractivity contribution in [2.75, 3.05) is 18.7 Å². The fourth-order valence-corrected chi connectivity index (χ4v) is 2.64. The number of anilines is 1. The number of carbonyl (C=O) groups is 2. The highest BCUT2D eigenvalue weighted by atomic mass is 35.5. The zero-order valence-corrected chi connectivity index (χ0v) is 14.9. The fourth-order valence-electron chi connectivity index (χ4n) is 2.21. The smallest absolute Gasteiger partial charge is 0.338 e. The number of nitro benzene ring substituents is 1. The number of nitrogens with one attached hydrogen (secondary N) is 1. The summed E-state index contributed by atoms with van der Waals surface area (Å²) < 4.78 is 15.2. The zero-order chi connectivity index (χ0) is 19.6. The van der Waals surface area contributed by atoms with Gasteiger partial charge in [-0.05, 0) is 18.2 Å². The van der Waals surface area contributed by atoms with Gasteiger partial charge >= 0.3 is 5.97 Å². The zero-order valence-electron chi connectivity index (χ0n) is 13.4. The van der Waals surface area contributed by atoms with Crippen molar-refractivity contribution in [3.8, 4) is 11.5 Å². The van der Waals surface area contributed by atoms with Crippen LogP contribution in [0, 0.1) is 10.1 Å². The third kappa shape index (κ3) is 4.21. The van der Waals surface area contributed by atoms with E-state index in [1.807, 2.05) is 0 Å². The molecule has 1 heterocycles. The van der Waals surface area contributed by atoms with Gasteiger partial charge in [-0.3, -0.25) is 14.9 Å². The molecule has 11 heteroatoms. The summed E-state index contributed by atoms with van der Waals surface area (Å²) in [6.07, 6.45) is 0. The molecule has 0 fully saturated rings. The number of esters is 1. The summed E-state index contributed by atoms with van der Waals surface area (Å²) in [7, 11) is 0. The predicted molar refractivity (Wildman–Crippen MR) is 94.6 cm³/mol. The maximum Gasteiger partial charge on any atom is 0.338 e. The summed E-state index contributed by atoms with van der Waals surface area (Å²) in [5.41, 5.74) is -0.148. The van der Waals surface area contributed by atoms with E-state index in [4.69, 9.17) is 37.4 Å². The lowest BCUT2D eigenvalue weighted by atomic mass is 10.2. The first-order valence-corrected chi connectivity index (χ1v) is 8.11. The number of halogens is 2. The minimum atomic E-state index is -0.810. The normalized spacial score (nSPS) is 11.8. The number of nitrogens with zero attached hydrogens (tertiary/aromatic N) is 1. The summed E-state index contributed by atoms with van der Waals surface area (Å²) in [4.78, 5) is 34.2. The highest BCUT2D eigenvalue weighted by molar-refractivity contribution is 6.34. The van der Waals surface area contributed by atoms with Crippen LogP contribution >= 0.6 is 23.2 Å². The molecular weight excluding hydrogens is 403 g/mol. The Morgan fingerprint density at radius 2 is 1.96 bits per heavy atom. The second-order valence-electron chi connectivity index (χ2n) is 5.24. The van der Waals surface area contributed by atoms with E-state index in [2.05, 4.69) is 5.32 Å². The number of non-ortho nitro benzene ring substituents is 1. The molecule has 0 saturated heterocycles. The van der Waals surface area contributed by atoms with Crippen LogP contribution in [0.3, 0.4) is 0 Å². The minimum Gasteiger partial charge on any atom is -0.454 e. The van der Waals surface area contributed by atoms with Crippen molar-refractivity contribution in [3.05, 3.63) is 56.1 Å². The minimum absolute atomic E-state index is 0.0140. The molecule has 1 amide bonds. The molecule has 1 N–H and O–H groups in total. The maximum absolute atomic E-state index is 12.1. The number of fused-ring (bicyclic) bond motifs is 1. The van der Waals surface area contributed by atoms with E-state index >= 15 is 0 Å². The second-order valence-corrected chi connectivity index (χ2v) is 6.05. The highest BCUT2D eigenvalue weighted by Gasteiger charge is 2.22. The summed E-state index contributed by atoms with van der Waals surface area (Å²) in [5.74, 6) is -0.915. The molecule has 9 nitrogen and oxygen atoms in total. The van der Waals surface area contributed by atoms with Crippen molar-refractivity contribution in [3.63, 3.8) is 0 Å². The lowest BCUT2D eigenvalue weighted by Gasteiger charge is -2.09. The molecule has 0 saturated carbocycles. The first kappa shape index (κ1) is 18.7. The molecular formula is C16H10Cl2N2O7. The number of carbonyl (C=O) groups excluding carboxylic acids is 2. The topological polar surface area (TPSA) is 117 Å². The molecule has 3 rings (SSSR count). The largest absolute Gasteiger partial charge is 0.454 e. The molecule has 0 unspecified atom stereocenters. The van der Waals surface area contributed by atoms with Gasteiger partial charge in [-0.2, -0.15) is 0 Å². The Balaban J connectivity index is 1.63. The van der Waals surface area contributed by atoms with E-state index < -0.39 is 23.4 Å². The van der Waals surface area contributed by atoms with Gasteiger partial charge in [-0.25, -0.2) is 4.79 Å². The van der Waals surface area contributed by atoms with Crippen LogP contribution in [0.4, 0.5) is 11.4 Å². The Labute approximate surface area is 161 Å². The molecule has 1 aliphatic heterocycles. The summed E-state index contributed by atoms with van der Waals surface area (Å²) >= 11 is 11.9. The third-order valence-corrected chi connectivity index (χ3v) is 4.04. The van der Waals surface area contributed by atoms with Crippen molar-refractivity contribution < 1.29 is 28.7 Å². The van der Waals surface area contributed by atoms with Crippen molar-refractivity contribution >= 4 is 46.5 Å². The Morgan fingerprint density at radius 3 is 2.70 bits per heavy atom. The van der Waals surface area contributed by atoms with E-state index in [0.29, 0.717) is 11.5 Å². The van der Waals surface area contributed by atoms with Crippen molar-refractivity contribution in [1.82, 2.24) is 0 Å². The van der Waals surface area contributed by atoms with Crippen molar-refractivity contribution in [2.24, 2.45) is 0 Å². The van der Waals surface area contributed by atoms with E-state index in [9.17, 15) is 19.7 Å². The lowest BCUT2D eigenvalue weighted by Crippen LogP contribution is -2.21. The van der Waals surface area contributed by atoms with Gasteiger partial charge in [0.1, 0.15) is 0 Å². The Hall–Kier alpha value is -3.04. The Bertz CT molecular complexity index is 949. The van der Waals surface area contributed by atoms with E-state index in [1.165, 1.54) is 24.3 Å². The monoisotopic (exact) mass is 412 g/mol. The van der Waals surface area contributed by atoms with Crippen LogP contribution in [0.5, 0.6) is 11.5 Å². The van der Waals surface area contributed by atoms with Gasteiger partial charge in [0.25, 0.3) is 11.6 Å². The predicted octanol–water partition coefficient (Wildman–Crippen LogP) is 3.43. The van der Waals surface area contributed by atoms with Gasteiger partial charge < -0.3 is 19.5 Å². The van der Waals surface area contributed by atoms with Gasteiger partial charge in [0.15, 0.2) is 18.1 Å². The van der Waals surface area contributed by atoms with E-state index in [0.717, 1.165) is 6.07 Å². The fraction of sp³-hybridized carbons (Fsp3) is 0.125. The summed E-state index contributed by atoms with van der Waals surface area (Å²) in [5, 5.41) is 13.4. The first-order chi connectivity index (χ1) is 12.8. The third-order valence-electron chi connectivity index (χ3n) is 3.43. The molecule has 0 radical (unpaired) electrons. The standard InChI is InChI=1S/C16H10Cl2N2O7/c17-10-2-1-9(20(23)24)5-12(10)19-14(21)6-25-16(22)8-3-11(18)15-13(4-8)26-7-27-15/h1-5H,6-7H2,(H,19,21). The number of amides is 1. The van der Waals surface area contributed by atoms with Crippen LogP contribution in [0.1, 0.15) is 10.4 Å². The molecule has 2 aromatic carbocycles. The van der Waals surface area contributed by atoms with E-state index in [-0.39, 0.29) is 33.8 Å². The lowest BCUT2D eigenvalue weighted by molar-refractivity contribution is -0.384. The number of hydrogen-bond acceptors (Lipinski definition) is 7. The summed E-state index contributed by atoms with van der Waals surface area (Å²) in [6.45, 7) is -0.649. The van der Waals surface area contributed by atoms with Crippen molar-refractivity contribution in [1.29, 1.82) is 0 Å². The molecule has 27 heavy (non-hydrogen) atoms.